The van der Waals surface area contributed by atoms with Gasteiger partial charge in [0.25, 0.3) is 5.91 Å². The monoisotopic (exact) mass is 435 g/mol. The van der Waals surface area contributed by atoms with E-state index in [1.54, 1.807) is 6.26 Å². The van der Waals surface area contributed by atoms with E-state index in [1.165, 1.54) is 0 Å². The summed E-state index contributed by atoms with van der Waals surface area (Å²) in [5.74, 6) is -0.242. The van der Waals surface area contributed by atoms with Gasteiger partial charge in [0, 0.05) is 42.5 Å². The molecule has 32 heavy (non-hydrogen) atoms. The first-order valence-electron chi connectivity index (χ1n) is 11.1. The van der Waals surface area contributed by atoms with Crippen LogP contribution in [0.3, 0.4) is 0 Å². The Morgan fingerprint density at radius 1 is 1.12 bits per heavy atom. The van der Waals surface area contributed by atoms with Gasteiger partial charge in [0.1, 0.15) is 5.58 Å². The lowest BCUT2D eigenvalue weighted by atomic mass is 9.80. The quantitative estimate of drug-likeness (QED) is 0.517. The van der Waals surface area contributed by atoms with Crippen molar-refractivity contribution < 1.29 is 23.8 Å². The number of carbonyl (C=O) groups excluding carboxylic acids is 1. The predicted molar refractivity (Wildman–Crippen MR) is 122 cm³/mol. The molecule has 1 aliphatic heterocycles. The van der Waals surface area contributed by atoms with E-state index in [-0.39, 0.29) is 30.1 Å². The van der Waals surface area contributed by atoms with Crippen LogP contribution in [-0.4, -0.2) is 30.5 Å². The standard InChI is InChI=1S/C26H29NO5/c1-2-30-26-20(12-8-14-28)21(22-17-31-23-13-7-6-11-19(22)23)15-24(32-26)25(29)27-16-18-9-4-3-5-10-18/h3-7,9-11,13,15,17,20-21,26,28H,2,8,12,14,16H2,1H3,(H,27,29)/t20-,21+,26-/m1/s1. The Kier molecular flexibility index (Phi) is 7.24. The summed E-state index contributed by atoms with van der Waals surface area (Å²) in [6.45, 7) is 2.86. The molecular weight excluding hydrogens is 406 g/mol. The van der Waals surface area contributed by atoms with E-state index in [0.29, 0.717) is 26.0 Å². The van der Waals surface area contributed by atoms with Crippen LogP contribution >= 0.6 is 0 Å². The van der Waals surface area contributed by atoms with Gasteiger partial charge in [-0.1, -0.05) is 48.5 Å². The van der Waals surface area contributed by atoms with Gasteiger partial charge in [0.2, 0.25) is 6.29 Å². The number of fused-ring (bicyclic) bond motifs is 1. The number of aliphatic hydroxyl groups is 1. The highest BCUT2D eigenvalue weighted by Crippen LogP contribution is 2.42. The number of nitrogens with one attached hydrogen (secondary N) is 1. The third-order valence-corrected chi connectivity index (χ3v) is 5.80. The molecule has 168 valence electrons. The zero-order valence-electron chi connectivity index (χ0n) is 18.2. The second kappa shape index (κ2) is 10.5. The van der Waals surface area contributed by atoms with Crippen LogP contribution in [-0.2, 0) is 20.8 Å². The van der Waals surface area contributed by atoms with E-state index in [4.69, 9.17) is 13.9 Å². The smallest absolute Gasteiger partial charge is 0.286 e. The van der Waals surface area contributed by atoms with Crippen molar-refractivity contribution in [1.82, 2.24) is 5.32 Å². The Labute approximate surface area is 187 Å². The molecule has 4 rings (SSSR count). The van der Waals surface area contributed by atoms with Crippen LogP contribution in [0.1, 0.15) is 36.8 Å². The van der Waals surface area contributed by atoms with E-state index in [2.05, 4.69) is 5.32 Å². The summed E-state index contributed by atoms with van der Waals surface area (Å²) >= 11 is 0. The largest absolute Gasteiger partial charge is 0.464 e. The molecule has 2 N–H and O–H groups in total. The van der Waals surface area contributed by atoms with E-state index in [0.717, 1.165) is 22.1 Å². The Morgan fingerprint density at radius 3 is 2.69 bits per heavy atom. The molecule has 2 heterocycles. The normalized spacial score (nSPS) is 20.6. The van der Waals surface area contributed by atoms with Gasteiger partial charge >= 0.3 is 0 Å². The molecule has 6 heteroatoms. The molecule has 1 aromatic heterocycles. The van der Waals surface area contributed by atoms with Crippen molar-refractivity contribution in [3.05, 3.63) is 83.8 Å². The topological polar surface area (TPSA) is 80.9 Å². The van der Waals surface area contributed by atoms with Gasteiger partial charge in [0.05, 0.1) is 6.26 Å². The second-order valence-electron chi connectivity index (χ2n) is 7.88. The van der Waals surface area contributed by atoms with Crippen molar-refractivity contribution in [3.63, 3.8) is 0 Å². The van der Waals surface area contributed by atoms with Crippen LogP contribution in [0.4, 0.5) is 0 Å². The van der Waals surface area contributed by atoms with Gasteiger partial charge in [-0.2, -0.15) is 0 Å². The maximum absolute atomic E-state index is 13.0. The summed E-state index contributed by atoms with van der Waals surface area (Å²) in [4.78, 5) is 13.0. The molecule has 0 saturated heterocycles. The van der Waals surface area contributed by atoms with Crippen LogP contribution in [0.5, 0.6) is 0 Å². The second-order valence-corrected chi connectivity index (χ2v) is 7.88. The van der Waals surface area contributed by atoms with Crippen LogP contribution in [0.25, 0.3) is 11.0 Å². The minimum Gasteiger partial charge on any atom is -0.464 e. The fourth-order valence-electron chi connectivity index (χ4n) is 4.24. The maximum atomic E-state index is 13.0. The van der Waals surface area contributed by atoms with Crippen molar-refractivity contribution in [2.75, 3.05) is 13.2 Å². The van der Waals surface area contributed by atoms with Crippen LogP contribution < -0.4 is 5.32 Å². The summed E-state index contributed by atoms with van der Waals surface area (Å²) in [6, 6.07) is 17.6. The average molecular weight is 436 g/mol. The van der Waals surface area contributed by atoms with Crippen LogP contribution in [0.2, 0.25) is 0 Å². The van der Waals surface area contributed by atoms with E-state index >= 15 is 0 Å². The summed E-state index contributed by atoms with van der Waals surface area (Å²) < 4.78 is 17.8. The maximum Gasteiger partial charge on any atom is 0.286 e. The number of allylic oxidation sites excluding steroid dienone is 1. The molecule has 0 radical (unpaired) electrons. The van der Waals surface area contributed by atoms with Crippen molar-refractivity contribution in [2.24, 2.45) is 5.92 Å². The Balaban J connectivity index is 1.65. The number of rotatable bonds is 9. The molecule has 3 atom stereocenters. The van der Waals surface area contributed by atoms with E-state index in [9.17, 15) is 9.90 Å². The molecule has 0 fully saturated rings. The minimum atomic E-state index is -0.590. The van der Waals surface area contributed by atoms with Crippen molar-refractivity contribution in [3.8, 4) is 0 Å². The molecule has 1 amide bonds. The lowest BCUT2D eigenvalue weighted by Gasteiger charge is -2.36. The zero-order chi connectivity index (χ0) is 22.3. The van der Waals surface area contributed by atoms with Gasteiger partial charge in [-0.3, -0.25) is 4.79 Å². The fourth-order valence-corrected chi connectivity index (χ4v) is 4.24. The Hall–Kier alpha value is -3.09. The number of furan rings is 1. The van der Waals surface area contributed by atoms with Gasteiger partial charge in [0.15, 0.2) is 5.76 Å². The van der Waals surface area contributed by atoms with Crippen LogP contribution in [0, 0.1) is 5.92 Å². The van der Waals surface area contributed by atoms with E-state index < -0.39 is 6.29 Å². The molecular formula is C26H29NO5. The highest BCUT2D eigenvalue weighted by Gasteiger charge is 2.39. The number of aliphatic hydroxyl groups excluding tert-OH is 1. The summed E-state index contributed by atoms with van der Waals surface area (Å²) in [7, 11) is 0. The van der Waals surface area contributed by atoms with Gasteiger partial charge < -0.3 is 24.3 Å². The van der Waals surface area contributed by atoms with Crippen LogP contribution in [0.15, 0.2) is 77.1 Å². The number of amides is 1. The summed E-state index contributed by atoms with van der Waals surface area (Å²) in [6.07, 6.45) is 4.35. The first kappa shape index (κ1) is 22.1. The molecule has 2 aromatic carbocycles. The third kappa shape index (κ3) is 4.87. The molecule has 1 aliphatic rings. The number of carbonyl (C=O) groups is 1. The average Bonchev–Trinajstić information content (AvgIpc) is 3.26. The van der Waals surface area contributed by atoms with Crippen molar-refractivity contribution >= 4 is 16.9 Å². The molecule has 0 saturated carbocycles. The number of para-hydroxylation sites is 1. The number of hydrogen-bond donors (Lipinski definition) is 2. The summed E-state index contributed by atoms with van der Waals surface area (Å²) in [5.41, 5.74) is 2.80. The molecule has 0 spiro atoms. The first-order valence-corrected chi connectivity index (χ1v) is 11.1. The summed E-state index contributed by atoms with van der Waals surface area (Å²) in [5, 5.41) is 13.4. The lowest BCUT2D eigenvalue weighted by molar-refractivity contribution is -0.166. The number of ether oxygens (including phenoxy) is 2. The predicted octanol–water partition coefficient (Wildman–Crippen LogP) is 4.50. The minimum absolute atomic E-state index is 0.0613. The van der Waals surface area contributed by atoms with Gasteiger partial charge in [-0.15, -0.1) is 0 Å². The number of benzene rings is 2. The highest BCUT2D eigenvalue weighted by atomic mass is 16.7. The Morgan fingerprint density at radius 2 is 1.91 bits per heavy atom. The SMILES string of the molecule is CCO[C@@H]1OC(C(=O)NCc2ccccc2)=C[C@H](c2coc3ccccc23)[C@H]1CCCO. The van der Waals surface area contributed by atoms with Gasteiger partial charge in [-0.25, -0.2) is 0 Å². The third-order valence-electron chi connectivity index (χ3n) is 5.80. The van der Waals surface area contributed by atoms with Gasteiger partial charge in [-0.05, 0) is 37.5 Å². The molecule has 3 aromatic rings. The fraction of sp³-hybridized carbons (Fsp3) is 0.346. The van der Waals surface area contributed by atoms with E-state index in [1.807, 2.05) is 67.6 Å². The molecule has 0 aliphatic carbocycles. The lowest BCUT2D eigenvalue weighted by Crippen LogP contribution is -2.38. The Bertz CT molecular complexity index is 1060. The zero-order valence-corrected chi connectivity index (χ0v) is 18.2. The molecule has 6 nitrogen and oxygen atoms in total. The van der Waals surface area contributed by atoms with Crippen molar-refractivity contribution in [2.45, 2.75) is 38.5 Å². The molecule has 0 unspecified atom stereocenters. The number of hydrogen-bond acceptors (Lipinski definition) is 5. The highest BCUT2D eigenvalue weighted by molar-refractivity contribution is 5.92. The first-order chi connectivity index (χ1) is 15.7. The molecule has 0 bridgehead atoms. The van der Waals surface area contributed by atoms with Crippen molar-refractivity contribution in [1.29, 1.82) is 0 Å².